The van der Waals surface area contributed by atoms with Crippen LogP contribution >= 0.6 is 22.9 Å². The number of pyridine rings is 1. The molecule has 4 aromatic rings. The van der Waals surface area contributed by atoms with E-state index in [2.05, 4.69) is 20.2 Å². The molecule has 1 aliphatic rings. The average Bonchev–Trinajstić information content (AvgIpc) is 3.25. The number of aromatic nitrogens is 3. The summed E-state index contributed by atoms with van der Waals surface area (Å²) >= 11 is 6.87. The van der Waals surface area contributed by atoms with Crippen LogP contribution in [0.5, 0.6) is 0 Å². The number of aryl methyl sites for hydroxylation is 1. The molecule has 0 radical (unpaired) electrons. The largest absolute Gasteiger partial charge is 0.353 e. The number of piperazine rings is 1. The topological polar surface area (TPSA) is 100 Å². The lowest BCUT2D eigenvalue weighted by atomic mass is 10.2. The van der Waals surface area contributed by atoms with Gasteiger partial charge in [0.25, 0.3) is 11.5 Å². The van der Waals surface area contributed by atoms with Crippen LogP contribution in [0, 0.1) is 12.7 Å². The molecule has 37 heavy (non-hydrogen) atoms. The Labute approximate surface area is 220 Å². The van der Waals surface area contributed by atoms with Crippen LogP contribution in [0.2, 0.25) is 5.02 Å². The maximum atomic E-state index is 13.4. The predicted molar refractivity (Wildman–Crippen MR) is 141 cm³/mol. The average molecular weight is 541 g/mol. The molecule has 0 atom stereocenters. The van der Waals surface area contributed by atoms with E-state index in [9.17, 15) is 18.8 Å². The summed E-state index contributed by atoms with van der Waals surface area (Å²) in [5.74, 6) is -0.359. The van der Waals surface area contributed by atoms with Crippen LogP contribution in [0.1, 0.15) is 15.2 Å². The second-order valence-corrected chi connectivity index (χ2v) is 9.96. The van der Waals surface area contributed by atoms with Crippen molar-refractivity contribution < 1.29 is 14.0 Å². The minimum absolute atomic E-state index is 0.113. The Kier molecular flexibility index (Phi) is 6.90. The zero-order valence-corrected chi connectivity index (χ0v) is 21.4. The molecule has 190 valence electrons. The third kappa shape index (κ3) is 5.05. The highest BCUT2D eigenvalue weighted by atomic mass is 35.5. The number of fused-ring (bicyclic) bond motifs is 1. The van der Waals surface area contributed by atoms with Crippen molar-refractivity contribution in [3.05, 3.63) is 80.6 Å². The number of benzene rings is 1. The Balaban J connectivity index is 1.30. The highest BCUT2D eigenvalue weighted by molar-refractivity contribution is 7.20. The summed E-state index contributed by atoms with van der Waals surface area (Å²) in [4.78, 5) is 52.3. The lowest BCUT2D eigenvalue weighted by Crippen LogP contribution is -2.50. The van der Waals surface area contributed by atoms with Crippen LogP contribution in [0.4, 0.5) is 15.9 Å². The first-order chi connectivity index (χ1) is 17.8. The summed E-state index contributed by atoms with van der Waals surface area (Å²) in [5, 5.41) is 2.85. The molecule has 1 aromatic carbocycles. The van der Waals surface area contributed by atoms with Gasteiger partial charge in [-0.05, 0) is 42.8 Å². The molecule has 5 rings (SSSR count). The molecule has 1 fully saturated rings. The molecule has 0 unspecified atom stereocenters. The van der Waals surface area contributed by atoms with Gasteiger partial charge in [0, 0.05) is 38.1 Å². The van der Waals surface area contributed by atoms with E-state index in [1.807, 2.05) is 18.2 Å². The van der Waals surface area contributed by atoms with E-state index >= 15 is 0 Å². The van der Waals surface area contributed by atoms with Crippen LogP contribution in [0.3, 0.4) is 0 Å². The van der Waals surface area contributed by atoms with Crippen LogP contribution < -0.4 is 15.8 Å². The van der Waals surface area contributed by atoms with Crippen molar-refractivity contribution in [3.8, 4) is 0 Å². The fourth-order valence-electron chi connectivity index (χ4n) is 4.22. The number of rotatable bonds is 5. The fraction of sp³-hybridized carbons (Fsp3) is 0.240. The molecule has 2 amide bonds. The van der Waals surface area contributed by atoms with Crippen molar-refractivity contribution in [1.82, 2.24) is 19.4 Å². The van der Waals surface area contributed by atoms with Crippen molar-refractivity contribution in [2.75, 3.05) is 36.4 Å². The molecule has 1 saturated heterocycles. The van der Waals surface area contributed by atoms with Gasteiger partial charge in [0.05, 0.1) is 21.6 Å². The highest BCUT2D eigenvalue weighted by Crippen LogP contribution is 2.28. The number of nitrogens with one attached hydrogen (secondary N) is 1. The van der Waals surface area contributed by atoms with Gasteiger partial charge in [-0.1, -0.05) is 17.7 Å². The smallest absolute Gasteiger partial charge is 0.266 e. The third-order valence-corrected chi connectivity index (χ3v) is 7.70. The molecule has 0 aliphatic carbocycles. The number of anilines is 2. The van der Waals surface area contributed by atoms with Crippen LogP contribution in [-0.2, 0) is 11.3 Å². The minimum atomic E-state index is -0.591. The van der Waals surface area contributed by atoms with E-state index in [-0.39, 0.29) is 23.0 Å². The van der Waals surface area contributed by atoms with Gasteiger partial charge in [0.15, 0.2) is 0 Å². The second-order valence-electron chi connectivity index (χ2n) is 8.55. The number of carbonyl (C=O) groups excluding carboxylic acids is 2. The number of carbonyl (C=O) groups is 2. The monoisotopic (exact) mass is 540 g/mol. The molecule has 9 nitrogen and oxygen atoms in total. The van der Waals surface area contributed by atoms with Crippen molar-refractivity contribution >= 4 is 56.5 Å². The van der Waals surface area contributed by atoms with E-state index in [1.165, 1.54) is 23.0 Å². The maximum Gasteiger partial charge on any atom is 0.266 e. The zero-order valence-electron chi connectivity index (χ0n) is 19.8. The van der Waals surface area contributed by atoms with E-state index in [1.54, 1.807) is 18.0 Å². The Morgan fingerprint density at radius 2 is 1.92 bits per heavy atom. The van der Waals surface area contributed by atoms with Gasteiger partial charge >= 0.3 is 0 Å². The van der Waals surface area contributed by atoms with E-state index in [0.29, 0.717) is 52.5 Å². The van der Waals surface area contributed by atoms with Gasteiger partial charge in [0.2, 0.25) is 5.91 Å². The molecule has 1 N–H and O–H groups in total. The standard InChI is InChI=1S/C25H22ClFN6O3S/c1-15-21-24(37-22(15)23(35)30-16-5-6-18(27)17(26)12-16)29-14-33(25(21)36)13-20(34)32-10-8-31(9-11-32)19-4-2-3-7-28-19/h2-7,12,14H,8-11,13H2,1H3,(H,30,35). The highest BCUT2D eigenvalue weighted by Gasteiger charge is 2.24. The van der Waals surface area contributed by atoms with Gasteiger partial charge in [-0.15, -0.1) is 11.3 Å². The summed E-state index contributed by atoms with van der Waals surface area (Å²) in [6, 6.07) is 9.59. The van der Waals surface area contributed by atoms with Gasteiger partial charge in [0.1, 0.15) is 23.0 Å². The summed E-state index contributed by atoms with van der Waals surface area (Å²) in [6.45, 7) is 3.87. The maximum absolute atomic E-state index is 13.4. The molecule has 0 spiro atoms. The second kappa shape index (κ2) is 10.3. The number of amides is 2. The summed E-state index contributed by atoms with van der Waals surface area (Å²) in [6.07, 6.45) is 3.08. The molecular formula is C25H22ClFN6O3S. The Morgan fingerprint density at radius 3 is 2.62 bits per heavy atom. The number of thiophene rings is 1. The number of hydrogen-bond acceptors (Lipinski definition) is 7. The lowest BCUT2D eigenvalue weighted by molar-refractivity contribution is -0.132. The van der Waals surface area contributed by atoms with Crippen molar-refractivity contribution in [1.29, 1.82) is 0 Å². The Bertz CT molecular complexity index is 1550. The first kappa shape index (κ1) is 24.8. The molecule has 12 heteroatoms. The predicted octanol–water partition coefficient (Wildman–Crippen LogP) is 3.56. The number of hydrogen-bond donors (Lipinski definition) is 1. The van der Waals surface area contributed by atoms with Crippen LogP contribution in [-0.4, -0.2) is 57.4 Å². The van der Waals surface area contributed by atoms with Gasteiger partial charge < -0.3 is 15.1 Å². The van der Waals surface area contributed by atoms with Crippen molar-refractivity contribution in [2.45, 2.75) is 13.5 Å². The lowest BCUT2D eigenvalue weighted by Gasteiger charge is -2.35. The quantitative estimate of drug-likeness (QED) is 0.415. The van der Waals surface area contributed by atoms with E-state index in [4.69, 9.17) is 11.6 Å². The molecule has 3 aromatic heterocycles. The first-order valence-corrected chi connectivity index (χ1v) is 12.7. The summed E-state index contributed by atoms with van der Waals surface area (Å²) < 4.78 is 14.7. The summed E-state index contributed by atoms with van der Waals surface area (Å²) in [7, 11) is 0. The van der Waals surface area contributed by atoms with Gasteiger partial charge in [-0.25, -0.2) is 14.4 Å². The van der Waals surface area contributed by atoms with Crippen LogP contribution in [0.15, 0.2) is 53.7 Å². The van der Waals surface area contributed by atoms with Gasteiger partial charge in [-0.2, -0.15) is 0 Å². The molecule has 4 heterocycles. The Morgan fingerprint density at radius 1 is 1.14 bits per heavy atom. The Hall–Kier alpha value is -3.83. The molecular weight excluding hydrogens is 519 g/mol. The van der Waals surface area contributed by atoms with E-state index in [0.717, 1.165) is 23.2 Å². The van der Waals surface area contributed by atoms with Crippen molar-refractivity contribution in [2.24, 2.45) is 0 Å². The molecule has 0 bridgehead atoms. The third-order valence-electron chi connectivity index (χ3n) is 6.21. The SMILES string of the molecule is Cc1c(C(=O)Nc2ccc(F)c(Cl)c2)sc2ncn(CC(=O)N3CCN(c4ccccn4)CC3)c(=O)c12. The molecule has 1 aliphatic heterocycles. The molecule has 0 saturated carbocycles. The number of halogens is 2. The first-order valence-electron chi connectivity index (χ1n) is 11.5. The van der Waals surface area contributed by atoms with Crippen molar-refractivity contribution in [3.63, 3.8) is 0 Å². The fourth-order valence-corrected chi connectivity index (χ4v) is 5.44. The summed E-state index contributed by atoms with van der Waals surface area (Å²) in [5.41, 5.74) is 0.407. The van der Waals surface area contributed by atoms with Crippen LogP contribution in [0.25, 0.3) is 10.2 Å². The van der Waals surface area contributed by atoms with Gasteiger partial charge in [-0.3, -0.25) is 19.0 Å². The normalized spacial score (nSPS) is 13.7. The van der Waals surface area contributed by atoms with E-state index < -0.39 is 11.7 Å². The zero-order chi connectivity index (χ0) is 26.1. The number of nitrogens with zero attached hydrogens (tertiary/aromatic N) is 5. The minimum Gasteiger partial charge on any atom is -0.353 e.